The number of nitriles is 1. The molecule has 2 aromatic rings. The number of benzene rings is 2. The van der Waals surface area contributed by atoms with Crippen molar-refractivity contribution in [1.82, 2.24) is 0 Å². The molecule has 0 unspecified atom stereocenters. The van der Waals surface area contributed by atoms with Crippen molar-refractivity contribution in [2.45, 2.75) is 12.8 Å². The molecule has 0 spiro atoms. The van der Waals surface area contributed by atoms with E-state index < -0.39 is 0 Å². The van der Waals surface area contributed by atoms with Gasteiger partial charge in [0.1, 0.15) is 0 Å². The molecular weight excluding hydrogens is 293 g/mol. The van der Waals surface area contributed by atoms with E-state index in [1.54, 1.807) is 30.3 Å². The van der Waals surface area contributed by atoms with Crippen LogP contribution in [0.3, 0.4) is 0 Å². The molecule has 4 heteroatoms. The monoisotopic (exact) mass is 303 g/mol. The number of hydrogen-bond donors (Lipinski definition) is 0. The Morgan fingerprint density at radius 1 is 1.05 bits per heavy atom. The van der Waals surface area contributed by atoms with E-state index in [0.717, 1.165) is 5.56 Å². The van der Waals surface area contributed by atoms with Crippen LogP contribution in [0.4, 0.5) is 0 Å². The van der Waals surface area contributed by atoms with Crippen molar-refractivity contribution in [2.75, 3.05) is 0 Å². The van der Waals surface area contributed by atoms with Gasteiger partial charge in [0.15, 0.2) is 5.78 Å². The van der Waals surface area contributed by atoms with Gasteiger partial charge in [-0.3, -0.25) is 4.79 Å². The van der Waals surface area contributed by atoms with Gasteiger partial charge in [0.25, 0.3) is 0 Å². The molecule has 0 saturated carbocycles. The van der Waals surface area contributed by atoms with Crippen molar-refractivity contribution in [3.05, 3.63) is 69.2 Å². The highest BCUT2D eigenvalue weighted by Crippen LogP contribution is 2.23. The van der Waals surface area contributed by atoms with E-state index in [0.29, 0.717) is 34.0 Å². The number of ketones is 1. The standard InChI is InChI=1S/C16H11Cl2NO/c17-14-7-6-13(9-15(14)18)16(20)8-5-11-1-3-12(10-19)4-2-11/h1-4,6-7,9H,5,8H2. The fourth-order valence-electron chi connectivity index (χ4n) is 1.82. The van der Waals surface area contributed by atoms with Gasteiger partial charge in [0.2, 0.25) is 0 Å². The summed E-state index contributed by atoms with van der Waals surface area (Å²) in [4.78, 5) is 12.1. The lowest BCUT2D eigenvalue weighted by molar-refractivity contribution is 0.0983. The van der Waals surface area contributed by atoms with Crippen molar-refractivity contribution in [3.8, 4) is 6.07 Å². The predicted molar refractivity (Wildman–Crippen MR) is 80.3 cm³/mol. The molecular formula is C16H11Cl2NO. The molecule has 0 fully saturated rings. The van der Waals surface area contributed by atoms with E-state index in [4.69, 9.17) is 28.5 Å². The predicted octanol–water partition coefficient (Wildman–Crippen LogP) is 4.68. The van der Waals surface area contributed by atoms with E-state index in [1.807, 2.05) is 12.1 Å². The minimum absolute atomic E-state index is 0.0212. The van der Waals surface area contributed by atoms with Gasteiger partial charge in [-0.05, 0) is 42.3 Å². The highest BCUT2D eigenvalue weighted by atomic mass is 35.5. The summed E-state index contributed by atoms with van der Waals surface area (Å²) >= 11 is 11.7. The third-order valence-corrected chi connectivity index (χ3v) is 3.70. The maximum Gasteiger partial charge on any atom is 0.163 e. The first kappa shape index (κ1) is 14.6. The van der Waals surface area contributed by atoms with Crippen LogP contribution in [0.2, 0.25) is 10.0 Å². The zero-order chi connectivity index (χ0) is 14.5. The van der Waals surface area contributed by atoms with Gasteiger partial charge in [-0.25, -0.2) is 0 Å². The van der Waals surface area contributed by atoms with Crippen molar-refractivity contribution in [1.29, 1.82) is 5.26 Å². The van der Waals surface area contributed by atoms with Gasteiger partial charge in [-0.15, -0.1) is 0 Å². The van der Waals surface area contributed by atoms with Crippen LogP contribution in [-0.2, 0) is 6.42 Å². The molecule has 0 amide bonds. The second-order valence-corrected chi connectivity index (χ2v) is 5.18. The van der Waals surface area contributed by atoms with Gasteiger partial charge in [0, 0.05) is 12.0 Å². The third-order valence-electron chi connectivity index (χ3n) is 2.97. The van der Waals surface area contributed by atoms with Crippen molar-refractivity contribution < 1.29 is 4.79 Å². The molecule has 0 aromatic heterocycles. The minimum Gasteiger partial charge on any atom is -0.294 e. The first-order valence-electron chi connectivity index (χ1n) is 6.07. The lowest BCUT2D eigenvalue weighted by Gasteiger charge is -2.03. The molecule has 0 heterocycles. The zero-order valence-electron chi connectivity index (χ0n) is 10.6. The Labute approximate surface area is 127 Å². The molecule has 0 aliphatic rings. The molecule has 0 bridgehead atoms. The van der Waals surface area contributed by atoms with Gasteiger partial charge >= 0.3 is 0 Å². The van der Waals surface area contributed by atoms with Gasteiger partial charge in [-0.2, -0.15) is 5.26 Å². The van der Waals surface area contributed by atoms with E-state index in [9.17, 15) is 4.79 Å². The van der Waals surface area contributed by atoms with Crippen LogP contribution >= 0.6 is 23.2 Å². The van der Waals surface area contributed by atoms with Gasteiger partial charge < -0.3 is 0 Å². The fraction of sp³-hybridized carbons (Fsp3) is 0.125. The molecule has 0 saturated heterocycles. The first-order valence-corrected chi connectivity index (χ1v) is 6.83. The molecule has 20 heavy (non-hydrogen) atoms. The van der Waals surface area contributed by atoms with Crippen LogP contribution in [0, 0.1) is 11.3 Å². The maximum atomic E-state index is 12.1. The number of carbonyl (C=O) groups excluding carboxylic acids is 1. The number of aryl methyl sites for hydroxylation is 1. The highest BCUT2D eigenvalue weighted by Gasteiger charge is 2.08. The Morgan fingerprint density at radius 2 is 1.75 bits per heavy atom. The average molecular weight is 304 g/mol. The largest absolute Gasteiger partial charge is 0.294 e. The number of hydrogen-bond acceptors (Lipinski definition) is 2. The maximum absolute atomic E-state index is 12.1. The summed E-state index contributed by atoms with van der Waals surface area (Å²) in [6, 6.07) is 14.2. The highest BCUT2D eigenvalue weighted by molar-refractivity contribution is 6.42. The number of rotatable bonds is 4. The Bertz CT molecular complexity index is 672. The second-order valence-electron chi connectivity index (χ2n) is 4.36. The minimum atomic E-state index is 0.0212. The van der Waals surface area contributed by atoms with Gasteiger partial charge in [-0.1, -0.05) is 35.3 Å². The quantitative estimate of drug-likeness (QED) is 0.769. The van der Waals surface area contributed by atoms with Crippen LogP contribution in [0.5, 0.6) is 0 Å². The molecule has 100 valence electrons. The fourth-order valence-corrected chi connectivity index (χ4v) is 2.12. The van der Waals surface area contributed by atoms with Crippen molar-refractivity contribution in [2.24, 2.45) is 0 Å². The Morgan fingerprint density at radius 3 is 2.35 bits per heavy atom. The molecule has 0 radical (unpaired) electrons. The number of carbonyl (C=O) groups is 1. The Kier molecular flexibility index (Phi) is 4.79. The summed E-state index contributed by atoms with van der Waals surface area (Å²) in [6.07, 6.45) is 1.02. The molecule has 2 rings (SSSR count). The summed E-state index contributed by atoms with van der Waals surface area (Å²) in [5.41, 5.74) is 2.20. The Hall–Kier alpha value is -1.82. The number of nitrogens with zero attached hydrogens (tertiary/aromatic N) is 1. The van der Waals surface area contributed by atoms with Crippen LogP contribution < -0.4 is 0 Å². The summed E-state index contributed by atoms with van der Waals surface area (Å²) in [6.45, 7) is 0. The normalized spacial score (nSPS) is 10.1. The number of Topliss-reactive ketones (excluding diaryl/α,β-unsaturated/α-hetero) is 1. The van der Waals surface area contributed by atoms with Crippen molar-refractivity contribution in [3.63, 3.8) is 0 Å². The van der Waals surface area contributed by atoms with Crippen LogP contribution in [0.1, 0.15) is 27.9 Å². The SMILES string of the molecule is N#Cc1ccc(CCC(=O)c2ccc(Cl)c(Cl)c2)cc1. The zero-order valence-corrected chi connectivity index (χ0v) is 12.1. The van der Waals surface area contributed by atoms with E-state index in [1.165, 1.54) is 0 Å². The molecule has 0 aliphatic heterocycles. The lowest BCUT2D eigenvalue weighted by atomic mass is 10.0. The molecule has 2 nitrogen and oxygen atoms in total. The van der Waals surface area contributed by atoms with Gasteiger partial charge in [0.05, 0.1) is 21.7 Å². The van der Waals surface area contributed by atoms with Crippen LogP contribution in [0.15, 0.2) is 42.5 Å². The summed E-state index contributed by atoms with van der Waals surface area (Å²) in [5.74, 6) is 0.0212. The van der Waals surface area contributed by atoms with E-state index >= 15 is 0 Å². The van der Waals surface area contributed by atoms with E-state index in [2.05, 4.69) is 6.07 Å². The summed E-state index contributed by atoms with van der Waals surface area (Å²) < 4.78 is 0. The lowest BCUT2D eigenvalue weighted by Crippen LogP contribution is -2.01. The van der Waals surface area contributed by atoms with Crippen LogP contribution in [-0.4, -0.2) is 5.78 Å². The van der Waals surface area contributed by atoms with Crippen molar-refractivity contribution >= 4 is 29.0 Å². The van der Waals surface area contributed by atoms with Crippen LogP contribution in [0.25, 0.3) is 0 Å². The second kappa shape index (κ2) is 6.56. The number of halogens is 2. The molecule has 0 N–H and O–H groups in total. The summed E-state index contributed by atoms with van der Waals surface area (Å²) in [5, 5.41) is 9.54. The average Bonchev–Trinajstić information content (AvgIpc) is 2.48. The first-order chi connectivity index (χ1) is 9.60. The molecule has 2 aromatic carbocycles. The molecule has 0 aliphatic carbocycles. The molecule has 0 atom stereocenters. The Balaban J connectivity index is 2.01. The topological polar surface area (TPSA) is 40.9 Å². The smallest absolute Gasteiger partial charge is 0.163 e. The summed E-state index contributed by atoms with van der Waals surface area (Å²) in [7, 11) is 0. The van der Waals surface area contributed by atoms with E-state index in [-0.39, 0.29) is 5.78 Å². The third kappa shape index (κ3) is 3.60.